The van der Waals surface area contributed by atoms with Gasteiger partial charge in [0.25, 0.3) is 5.91 Å². The fraction of sp³-hybridized carbons (Fsp3) is 0.375. The van der Waals surface area contributed by atoms with Gasteiger partial charge in [-0.3, -0.25) is 19.5 Å². The first-order valence-corrected chi connectivity index (χ1v) is 10.8. The third-order valence-electron chi connectivity index (χ3n) is 5.60. The maximum Gasteiger partial charge on any atom is 0.251 e. The molecule has 1 fully saturated rings. The Morgan fingerprint density at radius 2 is 1.78 bits per heavy atom. The van der Waals surface area contributed by atoms with E-state index in [1.807, 2.05) is 18.2 Å². The first-order chi connectivity index (χ1) is 15.4. The van der Waals surface area contributed by atoms with Crippen molar-refractivity contribution in [2.75, 3.05) is 20.1 Å². The molecule has 2 aromatic rings. The number of rotatable bonds is 8. The third-order valence-corrected chi connectivity index (χ3v) is 5.60. The molecular formula is C24H32N6O2. The van der Waals surface area contributed by atoms with Crippen LogP contribution in [0.2, 0.25) is 0 Å². The molecule has 0 radical (unpaired) electrons. The van der Waals surface area contributed by atoms with Gasteiger partial charge in [-0.05, 0) is 36.6 Å². The lowest BCUT2D eigenvalue weighted by Crippen LogP contribution is -2.44. The predicted molar refractivity (Wildman–Crippen MR) is 126 cm³/mol. The summed E-state index contributed by atoms with van der Waals surface area (Å²) < 4.78 is 0. The second-order valence-corrected chi connectivity index (χ2v) is 8.11. The SMILES string of the molecule is CN=C(NCc1ccc(C(=O)NCC(N)=O)cc1)NC1CC(C)N(Cc2ccccc2)C1. The number of likely N-dealkylation sites (tertiary alicyclic amines) is 1. The molecule has 1 heterocycles. The highest BCUT2D eigenvalue weighted by Crippen LogP contribution is 2.20. The van der Waals surface area contributed by atoms with Crippen LogP contribution in [-0.4, -0.2) is 54.9 Å². The number of aliphatic imine (C=N–C) groups is 1. The Hall–Kier alpha value is -3.39. The monoisotopic (exact) mass is 436 g/mol. The van der Waals surface area contributed by atoms with Gasteiger partial charge in [-0.1, -0.05) is 42.5 Å². The lowest BCUT2D eigenvalue weighted by molar-refractivity contribution is -0.117. The van der Waals surface area contributed by atoms with Gasteiger partial charge in [0.05, 0.1) is 6.54 Å². The normalized spacial score (nSPS) is 18.9. The summed E-state index contributed by atoms with van der Waals surface area (Å²) in [6.07, 6.45) is 1.06. The molecule has 5 N–H and O–H groups in total. The van der Waals surface area contributed by atoms with Crippen LogP contribution in [0.1, 0.15) is 34.8 Å². The summed E-state index contributed by atoms with van der Waals surface area (Å²) in [6.45, 7) is 4.59. The fourth-order valence-corrected chi connectivity index (χ4v) is 3.86. The molecule has 32 heavy (non-hydrogen) atoms. The van der Waals surface area contributed by atoms with E-state index in [9.17, 15) is 9.59 Å². The number of carbonyl (C=O) groups excluding carboxylic acids is 2. The molecule has 2 amide bonds. The molecule has 0 aliphatic carbocycles. The van der Waals surface area contributed by atoms with Crippen molar-refractivity contribution in [3.05, 3.63) is 71.3 Å². The van der Waals surface area contributed by atoms with E-state index in [2.05, 4.69) is 57.0 Å². The van der Waals surface area contributed by atoms with E-state index in [-0.39, 0.29) is 12.5 Å². The number of nitrogens with zero attached hydrogens (tertiary/aromatic N) is 2. The summed E-state index contributed by atoms with van der Waals surface area (Å²) in [5.74, 6) is -0.138. The van der Waals surface area contributed by atoms with Crippen molar-refractivity contribution < 1.29 is 9.59 Å². The molecule has 0 bridgehead atoms. The molecule has 3 rings (SSSR count). The molecule has 1 aliphatic rings. The van der Waals surface area contributed by atoms with Gasteiger partial charge < -0.3 is 21.7 Å². The molecule has 0 spiro atoms. The largest absolute Gasteiger partial charge is 0.368 e. The van der Waals surface area contributed by atoms with Crippen LogP contribution in [0, 0.1) is 0 Å². The standard InChI is InChI=1S/C24H32N6O2/c1-17-12-21(16-30(17)15-19-6-4-3-5-7-19)29-24(26-2)28-13-18-8-10-20(11-9-18)23(32)27-14-22(25)31/h3-11,17,21H,12-16H2,1-2H3,(H2,25,31)(H,27,32)(H2,26,28,29). The Morgan fingerprint density at radius 3 is 2.44 bits per heavy atom. The van der Waals surface area contributed by atoms with Gasteiger partial charge in [0, 0.05) is 44.3 Å². The number of carbonyl (C=O) groups is 2. The number of primary amides is 1. The van der Waals surface area contributed by atoms with Crippen LogP contribution < -0.4 is 21.7 Å². The average Bonchev–Trinajstić information content (AvgIpc) is 3.14. The fourth-order valence-electron chi connectivity index (χ4n) is 3.86. The maximum absolute atomic E-state index is 12.0. The number of nitrogens with two attached hydrogens (primary N) is 1. The number of amides is 2. The highest BCUT2D eigenvalue weighted by molar-refractivity contribution is 5.96. The minimum atomic E-state index is -0.571. The summed E-state index contributed by atoms with van der Waals surface area (Å²) in [4.78, 5) is 29.6. The van der Waals surface area contributed by atoms with Crippen LogP contribution in [0.4, 0.5) is 0 Å². The van der Waals surface area contributed by atoms with Crippen molar-refractivity contribution in [2.24, 2.45) is 10.7 Å². The Morgan fingerprint density at radius 1 is 1.06 bits per heavy atom. The van der Waals surface area contributed by atoms with E-state index < -0.39 is 5.91 Å². The topological polar surface area (TPSA) is 112 Å². The van der Waals surface area contributed by atoms with Crippen molar-refractivity contribution in [2.45, 2.75) is 38.5 Å². The smallest absolute Gasteiger partial charge is 0.251 e. The van der Waals surface area contributed by atoms with Crippen molar-refractivity contribution in [1.29, 1.82) is 0 Å². The molecule has 8 nitrogen and oxygen atoms in total. The molecule has 1 aliphatic heterocycles. The molecule has 2 atom stereocenters. The third kappa shape index (κ3) is 6.81. The van der Waals surface area contributed by atoms with E-state index >= 15 is 0 Å². The van der Waals surface area contributed by atoms with Crippen LogP contribution in [0.5, 0.6) is 0 Å². The van der Waals surface area contributed by atoms with Gasteiger partial charge >= 0.3 is 0 Å². The van der Waals surface area contributed by atoms with Gasteiger partial charge in [-0.2, -0.15) is 0 Å². The van der Waals surface area contributed by atoms with Crippen LogP contribution in [-0.2, 0) is 17.9 Å². The van der Waals surface area contributed by atoms with Crippen molar-refractivity contribution in [3.63, 3.8) is 0 Å². The molecule has 0 saturated carbocycles. The van der Waals surface area contributed by atoms with E-state index in [0.717, 1.165) is 31.0 Å². The Balaban J connectivity index is 1.47. The zero-order valence-electron chi connectivity index (χ0n) is 18.7. The lowest BCUT2D eigenvalue weighted by atomic mass is 10.1. The number of hydrogen-bond donors (Lipinski definition) is 4. The zero-order chi connectivity index (χ0) is 22.9. The number of guanidine groups is 1. The lowest BCUT2D eigenvalue weighted by Gasteiger charge is -2.21. The highest BCUT2D eigenvalue weighted by atomic mass is 16.2. The Labute approximate surface area is 189 Å². The minimum Gasteiger partial charge on any atom is -0.368 e. The van der Waals surface area contributed by atoms with Gasteiger partial charge in [0.15, 0.2) is 5.96 Å². The van der Waals surface area contributed by atoms with Gasteiger partial charge in [-0.25, -0.2) is 0 Å². The Bertz CT molecular complexity index is 929. The summed E-state index contributed by atoms with van der Waals surface area (Å²) in [5.41, 5.74) is 7.88. The average molecular weight is 437 g/mol. The second-order valence-electron chi connectivity index (χ2n) is 8.11. The number of nitrogens with one attached hydrogen (secondary N) is 3. The predicted octanol–water partition coefficient (Wildman–Crippen LogP) is 1.23. The van der Waals surface area contributed by atoms with Crippen molar-refractivity contribution >= 4 is 17.8 Å². The maximum atomic E-state index is 12.0. The molecule has 2 aromatic carbocycles. The Kier molecular flexibility index (Phi) is 8.21. The van der Waals surface area contributed by atoms with Crippen LogP contribution >= 0.6 is 0 Å². The van der Waals surface area contributed by atoms with Gasteiger partial charge in [0.2, 0.25) is 5.91 Å². The molecular weight excluding hydrogens is 404 g/mol. The van der Waals surface area contributed by atoms with E-state index in [4.69, 9.17) is 5.73 Å². The first kappa shape index (κ1) is 23.3. The summed E-state index contributed by atoms with van der Waals surface area (Å²) in [6, 6.07) is 18.6. The second kappa shape index (κ2) is 11.3. The summed E-state index contributed by atoms with van der Waals surface area (Å²) >= 11 is 0. The zero-order valence-corrected chi connectivity index (χ0v) is 18.7. The molecule has 170 valence electrons. The summed E-state index contributed by atoms with van der Waals surface area (Å²) in [5, 5.41) is 9.35. The first-order valence-electron chi connectivity index (χ1n) is 10.8. The number of hydrogen-bond acceptors (Lipinski definition) is 4. The van der Waals surface area contributed by atoms with Gasteiger partial charge in [-0.15, -0.1) is 0 Å². The van der Waals surface area contributed by atoms with Gasteiger partial charge in [0.1, 0.15) is 0 Å². The van der Waals surface area contributed by atoms with E-state index in [0.29, 0.717) is 24.2 Å². The number of benzene rings is 2. The van der Waals surface area contributed by atoms with Crippen LogP contribution in [0.25, 0.3) is 0 Å². The summed E-state index contributed by atoms with van der Waals surface area (Å²) in [7, 11) is 1.77. The van der Waals surface area contributed by atoms with Crippen molar-refractivity contribution in [3.8, 4) is 0 Å². The molecule has 2 unspecified atom stereocenters. The molecule has 1 saturated heterocycles. The molecule has 0 aromatic heterocycles. The quantitative estimate of drug-likeness (QED) is 0.367. The minimum absolute atomic E-state index is 0.174. The van der Waals surface area contributed by atoms with E-state index in [1.54, 1.807) is 19.2 Å². The van der Waals surface area contributed by atoms with Crippen molar-refractivity contribution in [1.82, 2.24) is 20.9 Å². The highest BCUT2D eigenvalue weighted by Gasteiger charge is 2.29. The van der Waals surface area contributed by atoms with E-state index in [1.165, 1.54) is 5.56 Å². The molecule has 8 heteroatoms. The van der Waals surface area contributed by atoms with Crippen LogP contribution in [0.15, 0.2) is 59.6 Å². The van der Waals surface area contributed by atoms with Crippen LogP contribution in [0.3, 0.4) is 0 Å².